The van der Waals surface area contributed by atoms with Crippen molar-refractivity contribution >= 4 is 11.7 Å². The number of fused-ring (bicyclic) bond motifs is 5. The summed E-state index contributed by atoms with van der Waals surface area (Å²) in [6.07, 6.45) is 6.97. The highest BCUT2D eigenvalue weighted by Gasteiger charge is 2.64. The first-order valence-electron chi connectivity index (χ1n) is 8.52. The number of benzene rings is 1. The molecular weight excluding hydrogens is 294 g/mol. The van der Waals surface area contributed by atoms with Gasteiger partial charge in [-0.3, -0.25) is 14.9 Å². The average Bonchev–Trinajstić information content (AvgIpc) is 3.25. The molecule has 122 valence electrons. The number of nitrogens with zero attached hydrogens (tertiary/aromatic N) is 1. The number of carbonyl (C=O) groups excluding carboxylic acids is 1. The number of rotatable bonds is 4. The van der Waals surface area contributed by atoms with Crippen LogP contribution in [0.5, 0.6) is 0 Å². The zero-order chi connectivity index (χ0) is 16.0. The summed E-state index contributed by atoms with van der Waals surface area (Å²) in [5, 5.41) is 10.7. The van der Waals surface area contributed by atoms with Crippen molar-refractivity contribution in [3.05, 3.63) is 39.9 Å². The van der Waals surface area contributed by atoms with Crippen LogP contribution in [0.3, 0.4) is 0 Å². The van der Waals surface area contributed by atoms with Crippen LogP contribution >= 0.6 is 0 Å². The van der Waals surface area contributed by atoms with Gasteiger partial charge in [0.1, 0.15) is 6.61 Å². The van der Waals surface area contributed by atoms with Crippen LogP contribution in [-0.2, 0) is 16.1 Å². The number of carbonyl (C=O) groups is 1. The van der Waals surface area contributed by atoms with Crippen molar-refractivity contribution < 1.29 is 14.5 Å². The molecule has 4 atom stereocenters. The average molecular weight is 315 g/mol. The Hall–Kier alpha value is -1.91. The van der Waals surface area contributed by atoms with Crippen LogP contribution in [-0.4, -0.2) is 10.9 Å². The first-order valence-corrected chi connectivity index (χ1v) is 8.52. The molecule has 1 aromatic carbocycles. The highest BCUT2D eigenvalue weighted by molar-refractivity contribution is 5.79. The van der Waals surface area contributed by atoms with Gasteiger partial charge in [-0.05, 0) is 67.6 Å². The Bertz CT molecular complexity index is 641. The number of nitro groups is 1. The van der Waals surface area contributed by atoms with Gasteiger partial charge in [-0.1, -0.05) is 6.42 Å². The van der Waals surface area contributed by atoms with Crippen molar-refractivity contribution in [2.75, 3.05) is 0 Å². The second kappa shape index (κ2) is 5.32. The van der Waals surface area contributed by atoms with Crippen LogP contribution < -0.4 is 0 Å². The molecule has 0 saturated heterocycles. The summed E-state index contributed by atoms with van der Waals surface area (Å²) < 4.78 is 5.66. The Balaban J connectivity index is 1.45. The number of nitro benzene ring substituents is 1. The zero-order valence-electron chi connectivity index (χ0n) is 13.1. The zero-order valence-corrected chi connectivity index (χ0v) is 13.1. The molecule has 3 aliphatic rings. The summed E-state index contributed by atoms with van der Waals surface area (Å²) in [5.41, 5.74) is 0.643. The molecule has 23 heavy (non-hydrogen) atoms. The van der Waals surface area contributed by atoms with Gasteiger partial charge < -0.3 is 4.74 Å². The molecule has 0 radical (unpaired) electrons. The van der Waals surface area contributed by atoms with Gasteiger partial charge in [0.15, 0.2) is 0 Å². The number of hydrogen-bond donors (Lipinski definition) is 0. The molecule has 2 bridgehead atoms. The van der Waals surface area contributed by atoms with Crippen LogP contribution in [0.25, 0.3) is 0 Å². The molecule has 3 fully saturated rings. The van der Waals surface area contributed by atoms with Gasteiger partial charge >= 0.3 is 5.97 Å². The Kier molecular flexibility index (Phi) is 3.39. The molecule has 5 nitrogen and oxygen atoms in total. The minimum atomic E-state index is -0.423. The fourth-order valence-corrected chi connectivity index (χ4v) is 5.49. The lowest BCUT2D eigenvalue weighted by molar-refractivity contribution is -0.384. The topological polar surface area (TPSA) is 69.4 Å². The van der Waals surface area contributed by atoms with Crippen LogP contribution in [0.15, 0.2) is 24.3 Å². The van der Waals surface area contributed by atoms with E-state index in [4.69, 9.17) is 4.74 Å². The van der Waals surface area contributed by atoms with Crippen molar-refractivity contribution in [2.24, 2.45) is 23.2 Å². The maximum absolute atomic E-state index is 12.9. The summed E-state index contributed by atoms with van der Waals surface area (Å²) >= 11 is 0. The van der Waals surface area contributed by atoms with Crippen molar-refractivity contribution in [3.8, 4) is 0 Å². The van der Waals surface area contributed by atoms with Gasteiger partial charge in [0.25, 0.3) is 5.69 Å². The van der Waals surface area contributed by atoms with Crippen molar-refractivity contribution in [1.29, 1.82) is 0 Å². The van der Waals surface area contributed by atoms with Crippen LogP contribution in [0.2, 0.25) is 0 Å². The molecule has 4 unspecified atom stereocenters. The molecule has 3 saturated carbocycles. The van der Waals surface area contributed by atoms with Gasteiger partial charge in [0, 0.05) is 12.1 Å². The van der Waals surface area contributed by atoms with Crippen molar-refractivity contribution in [1.82, 2.24) is 0 Å². The second-order valence-corrected chi connectivity index (χ2v) is 7.31. The van der Waals surface area contributed by atoms with E-state index in [-0.39, 0.29) is 23.7 Å². The standard InChI is InChI=1S/C18H21NO4/c20-17(23-11-12-3-7-15(8-4-12)19(21)22)18-9-1-2-16(18)13-5-6-14(18)10-13/h3-4,7-8,13-14,16H,1-2,5-6,9-11H2. The molecule has 3 aliphatic carbocycles. The predicted octanol–water partition coefficient (Wildman–Crippen LogP) is 3.85. The third-order valence-electron chi connectivity index (χ3n) is 6.44. The molecule has 0 aromatic heterocycles. The molecule has 0 aliphatic heterocycles. The predicted molar refractivity (Wildman–Crippen MR) is 83.5 cm³/mol. The van der Waals surface area contributed by atoms with Crippen LogP contribution in [0.1, 0.15) is 44.1 Å². The van der Waals surface area contributed by atoms with E-state index < -0.39 is 4.92 Å². The minimum absolute atomic E-state index is 0.0226. The third kappa shape index (κ3) is 2.17. The maximum atomic E-state index is 12.9. The van der Waals surface area contributed by atoms with Crippen LogP contribution in [0.4, 0.5) is 5.69 Å². The Labute approximate surface area is 135 Å². The van der Waals surface area contributed by atoms with Gasteiger partial charge in [0.2, 0.25) is 0 Å². The molecule has 0 heterocycles. The van der Waals surface area contributed by atoms with Gasteiger partial charge in [0.05, 0.1) is 10.3 Å². The van der Waals surface area contributed by atoms with Crippen molar-refractivity contribution in [2.45, 2.75) is 45.1 Å². The largest absolute Gasteiger partial charge is 0.460 e. The number of esters is 1. The molecule has 0 amide bonds. The minimum Gasteiger partial charge on any atom is -0.460 e. The molecule has 1 aromatic rings. The summed E-state index contributed by atoms with van der Waals surface area (Å²) in [7, 11) is 0. The number of non-ortho nitro benzene ring substituents is 1. The quantitative estimate of drug-likeness (QED) is 0.480. The summed E-state index contributed by atoms with van der Waals surface area (Å²) in [6, 6.07) is 6.24. The van der Waals surface area contributed by atoms with E-state index in [0.29, 0.717) is 11.8 Å². The smallest absolute Gasteiger partial charge is 0.312 e. The van der Waals surface area contributed by atoms with E-state index in [0.717, 1.165) is 24.3 Å². The van der Waals surface area contributed by atoms with E-state index >= 15 is 0 Å². The van der Waals surface area contributed by atoms with Gasteiger partial charge in [-0.15, -0.1) is 0 Å². The first-order chi connectivity index (χ1) is 11.1. The normalized spacial score (nSPS) is 34.3. The SMILES string of the molecule is O=C(OCc1ccc([N+](=O)[O-])cc1)C12CCCC1C1CCC2C1. The lowest BCUT2D eigenvalue weighted by Crippen LogP contribution is -2.41. The van der Waals surface area contributed by atoms with E-state index in [1.807, 2.05) is 0 Å². The van der Waals surface area contributed by atoms with Crippen molar-refractivity contribution in [3.63, 3.8) is 0 Å². The van der Waals surface area contributed by atoms with Crippen LogP contribution in [0, 0.1) is 33.3 Å². The maximum Gasteiger partial charge on any atom is 0.312 e. The lowest BCUT2D eigenvalue weighted by atomic mass is 9.68. The van der Waals surface area contributed by atoms with E-state index in [1.54, 1.807) is 12.1 Å². The fraction of sp³-hybridized carbons (Fsp3) is 0.611. The molecule has 4 rings (SSSR count). The molecule has 0 N–H and O–H groups in total. The van der Waals surface area contributed by atoms with E-state index in [1.165, 1.54) is 37.8 Å². The monoisotopic (exact) mass is 315 g/mol. The highest BCUT2D eigenvalue weighted by atomic mass is 16.6. The summed E-state index contributed by atoms with van der Waals surface area (Å²) in [5.74, 6) is 1.76. The van der Waals surface area contributed by atoms with E-state index in [9.17, 15) is 14.9 Å². The van der Waals surface area contributed by atoms with Gasteiger partial charge in [-0.25, -0.2) is 0 Å². The number of hydrogen-bond acceptors (Lipinski definition) is 4. The third-order valence-corrected chi connectivity index (χ3v) is 6.44. The second-order valence-electron chi connectivity index (χ2n) is 7.31. The summed E-state index contributed by atoms with van der Waals surface area (Å²) in [4.78, 5) is 23.1. The first kappa shape index (κ1) is 14.7. The fourth-order valence-electron chi connectivity index (χ4n) is 5.49. The lowest BCUT2D eigenvalue weighted by Gasteiger charge is -2.37. The molecule has 5 heteroatoms. The Morgan fingerprint density at radius 3 is 2.78 bits per heavy atom. The summed E-state index contributed by atoms with van der Waals surface area (Å²) in [6.45, 7) is 0.211. The molecule has 0 spiro atoms. The Morgan fingerprint density at radius 1 is 1.26 bits per heavy atom. The van der Waals surface area contributed by atoms with E-state index in [2.05, 4.69) is 0 Å². The number of ether oxygens (including phenoxy) is 1. The Morgan fingerprint density at radius 2 is 2.04 bits per heavy atom. The van der Waals surface area contributed by atoms with Gasteiger partial charge in [-0.2, -0.15) is 0 Å². The highest BCUT2D eigenvalue weighted by Crippen LogP contribution is 2.66. The molecular formula is C18H21NO4.